The summed E-state index contributed by atoms with van der Waals surface area (Å²) in [5, 5.41) is 11.0. The summed E-state index contributed by atoms with van der Waals surface area (Å²) in [6.45, 7) is 1.79. The lowest BCUT2D eigenvalue weighted by molar-refractivity contribution is 0.0940. The van der Waals surface area contributed by atoms with Crippen molar-refractivity contribution in [1.29, 1.82) is 0 Å². The molecule has 0 aliphatic rings. The fourth-order valence-corrected chi connectivity index (χ4v) is 3.12. The van der Waals surface area contributed by atoms with Gasteiger partial charge in [0.25, 0.3) is 5.91 Å². The lowest BCUT2D eigenvalue weighted by Crippen LogP contribution is -2.26. The Kier molecular flexibility index (Phi) is 5.75. The van der Waals surface area contributed by atoms with E-state index in [-0.39, 0.29) is 17.7 Å². The quantitative estimate of drug-likeness (QED) is 0.475. The summed E-state index contributed by atoms with van der Waals surface area (Å²) in [7, 11) is 1.41. The highest BCUT2D eigenvalue weighted by Gasteiger charge is 2.15. The monoisotopic (exact) mass is 417 g/mol. The van der Waals surface area contributed by atoms with Gasteiger partial charge in [-0.1, -0.05) is 24.3 Å². The highest BCUT2D eigenvalue weighted by atomic mass is 19.1. The average molecular weight is 417 g/mol. The van der Waals surface area contributed by atoms with Crippen molar-refractivity contribution >= 4 is 5.91 Å². The van der Waals surface area contributed by atoms with Crippen LogP contribution in [0, 0.1) is 5.82 Å². The maximum atomic E-state index is 13.9. The van der Waals surface area contributed by atoms with E-state index in [1.165, 1.54) is 19.2 Å². The van der Waals surface area contributed by atoms with Gasteiger partial charge in [-0.2, -0.15) is 0 Å². The molecule has 6 nitrogen and oxygen atoms in total. The molecule has 0 bridgehead atoms. The molecule has 3 aromatic carbocycles. The van der Waals surface area contributed by atoms with Crippen LogP contribution in [0.25, 0.3) is 22.9 Å². The zero-order chi connectivity index (χ0) is 21.8. The lowest BCUT2D eigenvalue weighted by atomic mass is 10.1. The molecule has 0 aliphatic carbocycles. The van der Waals surface area contributed by atoms with Gasteiger partial charge < -0.3 is 14.5 Å². The van der Waals surface area contributed by atoms with Gasteiger partial charge in [0.15, 0.2) is 11.6 Å². The van der Waals surface area contributed by atoms with Crippen molar-refractivity contribution in [3.8, 4) is 28.7 Å². The predicted octanol–water partition coefficient (Wildman–Crippen LogP) is 5.04. The first-order valence-electron chi connectivity index (χ1n) is 9.69. The predicted molar refractivity (Wildman–Crippen MR) is 114 cm³/mol. The summed E-state index contributed by atoms with van der Waals surface area (Å²) in [6, 6.07) is 20.6. The number of benzene rings is 3. The van der Waals surface area contributed by atoms with Gasteiger partial charge in [0.2, 0.25) is 11.8 Å². The van der Waals surface area contributed by atoms with Crippen molar-refractivity contribution in [2.75, 3.05) is 7.11 Å². The average Bonchev–Trinajstić information content (AvgIpc) is 3.30. The van der Waals surface area contributed by atoms with Crippen molar-refractivity contribution in [2.24, 2.45) is 0 Å². The van der Waals surface area contributed by atoms with E-state index in [1.807, 2.05) is 30.3 Å². The van der Waals surface area contributed by atoms with Crippen LogP contribution in [0.4, 0.5) is 4.39 Å². The van der Waals surface area contributed by atoms with E-state index in [0.29, 0.717) is 28.5 Å². The van der Waals surface area contributed by atoms with Crippen LogP contribution in [0.2, 0.25) is 0 Å². The minimum Gasteiger partial charge on any atom is -0.494 e. The number of nitrogens with one attached hydrogen (secondary N) is 1. The van der Waals surface area contributed by atoms with Crippen LogP contribution in [0.1, 0.15) is 28.9 Å². The summed E-state index contributed by atoms with van der Waals surface area (Å²) in [5.74, 6) is 0.214. The molecule has 7 heteroatoms. The van der Waals surface area contributed by atoms with E-state index in [9.17, 15) is 9.18 Å². The second-order valence-electron chi connectivity index (χ2n) is 6.94. The normalized spacial score (nSPS) is 11.7. The Morgan fingerprint density at radius 3 is 2.23 bits per heavy atom. The topological polar surface area (TPSA) is 77.2 Å². The molecule has 156 valence electrons. The molecule has 0 saturated heterocycles. The maximum absolute atomic E-state index is 13.9. The lowest BCUT2D eigenvalue weighted by Gasteiger charge is -2.15. The van der Waals surface area contributed by atoms with Crippen molar-refractivity contribution < 1.29 is 18.3 Å². The molecule has 1 atom stereocenters. The maximum Gasteiger partial charge on any atom is 0.251 e. The Balaban J connectivity index is 1.45. The molecule has 31 heavy (non-hydrogen) atoms. The number of hydrogen-bond acceptors (Lipinski definition) is 5. The molecule has 0 fully saturated rings. The third kappa shape index (κ3) is 4.45. The SMILES string of the molecule is COc1ccc([C@H](C)NC(=O)c2ccc(-c3nnc(-c4ccccc4)o3)cc2)cc1F. The van der Waals surface area contributed by atoms with E-state index in [2.05, 4.69) is 15.5 Å². The summed E-state index contributed by atoms with van der Waals surface area (Å²) in [5.41, 5.74) is 2.65. The number of methoxy groups -OCH3 is 1. The zero-order valence-corrected chi connectivity index (χ0v) is 17.0. The first-order chi connectivity index (χ1) is 15.0. The molecule has 0 saturated carbocycles. The third-order valence-electron chi connectivity index (χ3n) is 4.86. The zero-order valence-electron chi connectivity index (χ0n) is 17.0. The van der Waals surface area contributed by atoms with Crippen LogP contribution in [0.3, 0.4) is 0 Å². The Bertz CT molecular complexity index is 1190. The van der Waals surface area contributed by atoms with Gasteiger partial charge in [0.1, 0.15) is 0 Å². The Morgan fingerprint density at radius 1 is 0.968 bits per heavy atom. The van der Waals surface area contributed by atoms with Gasteiger partial charge in [0.05, 0.1) is 13.2 Å². The fourth-order valence-electron chi connectivity index (χ4n) is 3.12. The molecular formula is C24H20FN3O3. The third-order valence-corrected chi connectivity index (χ3v) is 4.86. The summed E-state index contributed by atoms with van der Waals surface area (Å²) in [4.78, 5) is 12.6. The van der Waals surface area contributed by atoms with Gasteiger partial charge in [-0.25, -0.2) is 4.39 Å². The van der Waals surface area contributed by atoms with Crippen molar-refractivity contribution in [3.05, 3.63) is 89.7 Å². The molecule has 0 spiro atoms. The number of ether oxygens (including phenoxy) is 1. The number of hydrogen-bond donors (Lipinski definition) is 1. The Hall–Kier alpha value is -4.00. The molecule has 0 aliphatic heterocycles. The number of carbonyl (C=O) groups excluding carboxylic acids is 1. The van der Waals surface area contributed by atoms with Crippen LogP contribution in [-0.2, 0) is 0 Å². The highest BCUT2D eigenvalue weighted by Crippen LogP contribution is 2.25. The van der Waals surface area contributed by atoms with Crippen LogP contribution >= 0.6 is 0 Å². The largest absolute Gasteiger partial charge is 0.494 e. The van der Waals surface area contributed by atoms with Gasteiger partial charge in [-0.15, -0.1) is 10.2 Å². The van der Waals surface area contributed by atoms with E-state index in [4.69, 9.17) is 9.15 Å². The molecule has 1 heterocycles. The van der Waals surface area contributed by atoms with Crippen LogP contribution < -0.4 is 10.1 Å². The Morgan fingerprint density at radius 2 is 1.61 bits per heavy atom. The molecule has 1 N–H and O–H groups in total. The van der Waals surface area contributed by atoms with Gasteiger partial charge >= 0.3 is 0 Å². The van der Waals surface area contributed by atoms with Gasteiger partial charge in [0, 0.05) is 16.7 Å². The van der Waals surface area contributed by atoms with Crippen molar-refractivity contribution in [1.82, 2.24) is 15.5 Å². The van der Waals surface area contributed by atoms with E-state index >= 15 is 0 Å². The number of nitrogens with zero attached hydrogens (tertiary/aromatic N) is 2. The van der Waals surface area contributed by atoms with E-state index < -0.39 is 5.82 Å². The molecule has 1 amide bonds. The summed E-state index contributed by atoms with van der Waals surface area (Å²) in [6.07, 6.45) is 0. The van der Waals surface area contributed by atoms with Crippen LogP contribution in [-0.4, -0.2) is 23.2 Å². The van der Waals surface area contributed by atoms with Crippen molar-refractivity contribution in [2.45, 2.75) is 13.0 Å². The molecule has 0 radical (unpaired) electrons. The van der Waals surface area contributed by atoms with E-state index in [1.54, 1.807) is 37.3 Å². The van der Waals surface area contributed by atoms with Gasteiger partial charge in [-0.05, 0) is 61.0 Å². The number of aromatic nitrogens is 2. The molecule has 1 aromatic heterocycles. The molecule has 4 aromatic rings. The van der Waals surface area contributed by atoms with Crippen LogP contribution in [0.15, 0.2) is 77.2 Å². The minimum absolute atomic E-state index is 0.161. The van der Waals surface area contributed by atoms with Crippen LogP contribution in [0.5, 0.6) is 5.75 Å². The molecule has 4 rings (SSSR count). The summed E-state index contributed by atoms with van der Waals surface area (Å²) >= 11 is 0. The number of amides is 1. The standard InChI is InChI=1S/C24H20FN3O3/c1-15(19-12-13-21(30-2)20(25)14-19)26-22(29)16-8-10-18(11-9-16)24-28-27-23(31-24)17-6-4-3-5-7-17/h3-15H,1-2H3,(H,26,29)/t15-/m0/s1. The second kappa shape index (κ2) is 8.79. The first-order valence-corrected chi connectivity index (χ1v) is 9.69. The van der Waals surface area contributed by atoms with Crippen molar-refractivity contribution in [3.63, 3.8) is 0 Å². The number of rotatable bonds is 6. The molecule has 0 unspecified atom stereocenters. The second-order valence-corrected chi connectivity index (χ2v) is 6.94. The Labute approximate surface area is 178 Å². The van der Waals surface area contributed by atoms with E-state index in [0.717, 1.165) is 5.56 Å². The molecular weight excluding hydrogens is 397 g/mol. The smallest absolute Gasteiger partial charge is 0.251 e. The first kappa shape index (κ1) is 20.3. The highest BCUT2D eigenvalue weighted by molar-refractivity contribution is 5.94. The number of carbonyl (C=O) groups is 1. The number of halogens is 1. The van der Waals surface area contributed by atoms with Gasteiger partial charge in [-0.3, -0.25) is 4.79 Å². The minimum atomic E-state index is -0.472. The fraction of sp³-hybridized carbons (Fsp3) is 0.125. The summed E-state index contributed by atoms with van der Waals surface area (Å²) < 4.78 is 24.6.